The molecule has 11 heavy (non-hydrogen) atoms. The van der Waals surface area contributed by atoms with Gasteiger partial charge in [0.2, 0.25) is 0 Å². The largest absolute Gasteiger partial charge is 0.278 e. The van der Waals surface area contributed by atoms with Gasteiger partial charge in [-0.15, -0.1) is 0 Å². The molecular formula is C5H9N3O2S. The molecule has 62 valence electrons. The van der Waals surface area contributed by atoms with E-state index >= 15 is 0 Å². The summed E-state index contributed by atoms with van der Waals surface area (Å²) in [6.07, 6.45) is 1.16. The van der Waals surface area contributed by atoms with Crippen molar-refractivity contribution >= 4 is 10.2 Å². The summed E-state index contributed by atoms with van der Waals surface area (Å²) in [5, 5.41) is 13.4. The highest BCUT2D eigenvalue weighted by Crippen LogP contribution is 2.40. The van der Waals surface area contributed by atoms with Crippen molar-refractivity contribution in [2.75, 3.05) is 7.05 Å². The summed E-state index contributed by atoms with van der Waals surface area (Å²) in [7, 11) is -2.37. The van der Waals surface area contributed by atoms with Gasteiger partial charge < -0.3 is 0 Å². The molecule has 1 fully saturated rings. The second-order valence-electron chi connectivity index (χ2n) is 2.66. The van der Waals surface area contributed by atoms with Crippen LogP contribution in [0, 0.1) is 11.3 Å². The molecule has 0 amide bonds. The molecule has 0 aromatic rings. The predicted molar refractivity (Wildman–Crippen MR) is 38.4 cm³/mol. The predicted octanol–water partition coefficient (Wildman–Crippen LogP) is -0.822. The van der Waals surface area contributed by atoms with Crippen LogP contribution in [-0.2, 0) is 10.2 Å². The summed E-state index contributed by atoms with van der Waals surface area (Å²) >= 11 is 0. The molecule has 0 aliphatic heterocycles. The molecule has 6 heteroatoms. The minimum Gasteiger partial charge on any atom is -0.216 e. The van der Waals surface area contributed by atoms with Crippen LogP contribution in [0.15, 0.2) is 0 Å². The lowest BCUT2D eigenvalue weighted by Crippen LogP contribution is -2.42. The summed E-state index contributed by atoms with van der Waals surface area (Å²) < 4.78 is 22.4. The minimum absolute atomic E-state index is 0.580. The van der Waals surface area contributed by atoms with Gasteiger partial charge >= 0.3 is 0 Å². The fraction of sp³-hybridized carbons (Fsp3) is 0.800. The number of nitriles is 1. The molecule has 0 saturated heterocycles. The molecule has 1 aliphatic carbocycles. The Kier molecular flexibility index (Phi) is 1.67. The van der Waals surface area contributed by atoms with Crippen molar-refractivity contribution in [1.29, 1.82) is 5.26 Å². The average molecular weight is 175 g/mol. The van der Waals surface area contributed by atoms with Crippen LogP contribution in [0.4, 0.5) is 0 Å². The minimum atomic E-state index is -3.70. The summed E-state index contributed by atoms with van der Waals surface area (Å²) in [6, 6.07) is 1.93. The zero-order valence-electron chi connectivity index (χ0n) is 6.11. The van der Waals surface area contributed by atoms with Crippen LogP contribution in [0.2, 0.25) is 0 Å². The lowest BCUT2D eigenvalue weighted by molar-refractivity contribution is 0.411. The van der Waals surface area contributed by atoms with Gasteiger partial charge in [-0.2, -0.15) is 18.0 Å². The third-order valence-electron chi connectivity index (χ3n) is 1.92. The number of hydrogen-bond donors (Lipinski definition) is 1. The highest BCUT2D eigenvalue weighted by Gasteiger charge is 2.51. The lowest BCUT2D eigenvalue weighted by atomic mass is 10.3. The highest BCUT2D eigenvalue weighted by atomic mass is 32.2. The third kappa shape index (κ3) is 1.35. The molecule has 1 aliphatic rings. The normalized spacial score (nSPS) is 21.3. The van der Waals surface area contributed by atoms with E-state index in [1.54, 1.807) is 0 Å². The summed E-state index contributed by atoms with van der Waals surface area (Å²) in [6.45, 7) is 0. The van der Waals surface area contributed by atoms with Gasteiger partial charge in [0.15, 0.2) is 0 Å². The van der Waals surface area contributed by atoms with Crippen LogP contribution >= 0.6 is 0 Å². The fourth-order valence-electron chi connectivity index (χ4n) is 0.859. The average Bonchev–Trinajstić information content (AvgIpc) is 2.64. The second kappa shape index (κ2) is 2.17. The Hall–Kier alpha value is -0.640. The monoisotopic (exact) mass is 175 g/mol. The quantitative estimate of drug-likeness (QED) is 0.594. The van der Waals surface area contributed by atoms with E-state index in [4.69, 9.17) is 10.4 Å². The SMILES string of the molecule is CN(C1(C#N)CC1)S(N)(=O)=O. The van der Waals surface area contributed by atoms with Crippen molar-refractivity contribution in [1.82, 2.24) is 4.31 Å². The summed E-state index contributed by atoms with van der Waals surface area (Å²) in [4.78, 5) is 0. The van der Waals surface area contributed by atoms with Gasteiger partial charge in [-0.1, -0.05) is 0 Å². The molecule has 2 N–H and O–H groups in total. The maximum atomic E-state index is 10.7. The summed E-state index contributed by atoms with van der Waals surface area (Å²) in [5.74, 6) is 0. The van der Waals surface area contributed by atoms with E-state index in [9.17, 15) is 8.42 Å². The first kappa shape index (κ1) is 8.46. The Balaban J connectivity index is 2.88. The van der Waals surface area contributed by atoms with Crippen LogP contribution < -0.4 is 5.14 Å². The summed E-state index contributed by atoms with van der Waals surface area (Å²) in [5.41, 5.74) is -0.840. The molecule has 0 aromatic heterocycles. The van der Waals surface area contributed by atoms with E-state index < -0.39 is 15.7 Å². The van der Waals surface area contributed by atoms with Crippen molar-refractivity contribution in [2.45, 2.75) is 18.4 Å². The van der Waals surface area contributed by atoms with E-state index in [1.165, 1.54) is 7.05 Å². The van der Waals surface area contributed by atoms with Crippen LogP contribution in [0.5, 0.6) is 0 Å². The smallest absolute Gasteiger partial charge is 0.216 e. The maximum Gasteiger partial charge on any atom is 0.278 e. The van der Waals surface area contributed by atoms with Crippen molar-refractivity contribution in [3.8, 4) is 6.07 Å². The van der Waals surface area contributed by atoms with Crippen molar-refractivity contribution < 1.29 is 8.42 Å². The molecule has 0 heterocycles. The van der Waals surface area contributed by atoms with E-state index in [-0.39, 0.29) is 0 Å². The van der Waals surface area contributed by atoms with Crippen molar-refractivity contribution in [2.24, 2.45) is 5.14 Å². The zero-order valence-corrected chi connectivity index (χ0v) is 6.93. The first-order valence-corrected chi connectivity index (χ1v) is 4.61. The maximum absolute atomic E-state index is 10.7. The lowest BCUT2D eigenvalue weighted by Gasteiger charge is -2.17. The Labute approximate surface area is 65.6 Å². The molecule has 0 aromatic carbocycles. The topological polar surface area (TPSA) is 87.2 Å². The van der Waals surface area contributed by atoms with Crippen LogP contribution in [0.25, 0.3) is 0 Å². The molecular weight excluding hydrogens is 166 g/mol. The first-order chi connectivity index (χ1) is 4.92. The Morgan fingerprint density at radius 3 is 2.18 bits per heavy atom. The van der Waals surface area contributed by atoms with E-state index in [0.717, 1.165) is 4.31 Å². The van der Waals surface area contributed by atoms with Gasteiger partial charge in [0, 0.05) is 7.05 Å². The van der Waals surface area contributed by atoms with Crippen LogP contribution in [0.3, 0.4) is 0 Å². The number of hydrogen-bond acceptors (Lipinski definition) is 3. The van der Waals surface area contributed by atoms with Gasteiger partial charge in [0.1, 0.15) is 5.54 Å². The number of nitrogens with zero attached hydrogens (tertiary/aromatic N) is 2. The van der Waals surface area contributed by atoms with Crippen LogP contribution in [0.1, 0.15) is 12.8 Å². The van der Waals surface area contributed by atoms with Gasteiger partial charge in [0.25, 0.3) is 10.2 Å². The van der Waals surface area contributed by atoms with E-state index in [2.05, 4.69) is 0 Å². The molecule has 0 atom stereocenters. The number of nitrogens with two attached hydrogens (primary N) is 1. The Morgan fingerprint density at radius 2 is 2.09 bits per heavy atom. The highest BCUT2D eigenvalue weighted by molar-refractivity contribution is 7.86. The fourth-order valence-corrected chi connectivity index (χ4v) is 1.57. The molecule has 0 unspecified atom stereocenters. The zero-order chi connectivity index (χ0) is 8.70. The van der Waals surface area contributed by atoms with E-state index in [1.807, 2.05) is 6.07 Å². The van der Waals surface area contributed by atoms with Crippen molar-refractivity contribution in [3.63, 3.8) is 0 Å². The standard InChI is InChI=1S/C5H9N3O2S/c1-8(11(7,9)10)5(4-6)2-3-5/h2-3H2,1H3,(H2,7,9,10). The van der Waals surface area contributed by atoms with Gasteiger partial charge in [-0.3, -0.25) is 0 Å². The Morgan fingerprint density at radius 1 is 1.64 bits per heavy atom. The Bertz CT molecular complexity index is 298. The van der Waals surface area contributed by atoms with Crippen molar-refractivity contribution in [3.05, 3.63) is 0 Å². The molecule has 0 spiro atoms. The third-order valence-corrected chi connectivity index (χ3v) is 3.03. The van der Waals surface area contributed by atoms with Gasteiger partial charge in [-0.25, -0.2) is 5.14 Å². The molecule has 0 radical (unpaired) electrons. The first-order valence-electron chi connectivity index (χ1n) is 3.10. The molecule has 1 saturated carbocycles. The van der Waals surface area contributed by atoms with E-state index in [0.29, 0.717) is 12.8 Å². The molecule has 5 nitrogen and oxygen atoms in total. The molecule has 1 rings (SSSR count). The van der Waals surface area contributed by atoms with Crippen LogP contribution in [-0.4, -0.2) is 25.3 Å². The van der Waals surface area contributed by atoms with Gasteiger partial charge in [0.05, 0.1) is 6.07 Å². The second-order valence-corrected chi connectivity index (χ2v) is 4.23. The molecule has 0 bridgehead atoms. The number of rotatable bonds is 2. The van der Waals surface area contributed by atoms with Gasteiger partial charge in [-0.05, 0) is 12.8 Å².